The van der Waals surface area contributed by atoms with E-state index in [0.29, 0.717) is 41.0 Å². The summed E-state index contributed by atoms with van der Waals surface area (Å²) in [5.41, 5.74) is 2.56. The van der Waals surface area contributed by atoms with Gasteiger partial charge < -0.3 is 20.1 Å². The van der Waals surface area contributed by atoms with E-state index in [2.05, 4.69) is 10.6 Å². The van der Waals surface area contributed by atoms with Crippen LogP contribution < -0.4 is 20.1 Å². The predicted molar refractivity (Wildman–Crippen MR) is 123 cm³/mol. The van der Waals surface area contributed by atoms with E-state index in [-0.39, 0.29) is 24.3 Å². The molecule has 0 fully saturated rings. The zero-order valence-corrected chi connectivity index (χ0v) is 18.6. The molecule has 2 amide bonds. The van der Waals surface area contributed by atoms with Crippen LogP contribution in [-0.2, 0) is 11.2 Å². The molecular weight excluding hydrogens is 447 g/mol. The number of fused-ring (bicyclic) bond motifs is 1. The molecule has 3 aromatic rings. The first-order chi connectivity index (χ1) is 15.9. The van der Waals surface area contributed by atoms with Gasteiger partial charge in [0.25, 0.3) is 5.91 Å². The van der Waals surface area contributed by atoms with Crippen LogP contribution in [0.1, 0.15) is 34.5 Å². The van der Waals surface area contributed by atoms with Crippen molar-refractivity contribution in [2.45, 2.75) is 19.4 Å². The Labute approximate surface area is 195 Å². The SMILES string of the molecule is CC(NC(=O)Cc1cc(Cl)c2c(c1)OCCO2)c1ccc(NC(=O)c2ccc(F)cc2)cc1. The third-order valence-corrected chi connectivity index (χ3v) is 5.45. The fourth-order valence-electron chi connectivity index (χ4n) is 3.49. The van der Waals surface area contributed by atoms with Gasteiger partial charge in [0.15, 0.2) is 11.5 Å². The highest BCUT2D eigenvalue weighted by molar-refractivity contribution is 6.32. The molecule has 1 unspecified atom stereocenters. The molecule has 0 aliphatic carbocycles. The van der Waals surface area contributed by atoms with Crippen LogP contribution in [0.4, 0.5) is 10.1 Å². The quantitative estimate of drug-likeness (QED) is 0.538. The molecule has 33 heavy (non-hydrogen) atoms. The summed E-state index contributed by atoms with van der Waals surface area (Å²) < 4.78 is 24.1. The number of anilines is 1. The van der Waals surface area contributed by atoms with Gasteiger partial charge in [-0.1, -0.05) is 23.7 Å². The lowest BCUT2D eigenvalue weighted by Gasteiger charge is -2.20. The molecular formula is C25H22ClFN2O4. The highest BCUT2D eigenvalue weighted by atomic mass is 35.5. The summed E-state index contributed by atoms with van der Waals surface area (Å²) in [6.45, 7) is 2.76. The second kappa shape index (κ2) is 9.92. The van der Waals surface area contributed by atoms with E-state index in [1.54, 1.807) is 24.3 Å². The number of carbonyl (C=O) groups excluding carboxylic acids is 2. The number of halogens is 2. The standard InChI is InChI=1S/C25H22ClFN2O4/c1-15(28-23(30)14-16-12-21(26)24-22(13-16)32-10-11-33-24)17-4-8-20(9-5-17)29-25(31)18-2-6-19(27)7-3-18/h2-9,12-13,15H,10-11,14H2,1H3,(H,28,30)(H,29,31). The lowest BCUT2D eigenvalue weighted by atomic mass is 10.1. The van der Waals surface area contributed by atoms with Crippen LogP contribution in [0.2, 0.25) is 5.02 Å². The van der Waals surface area contributed by atoms with E-state index >= 15 is 0 Å². The fraction of sp³-hybridized carbons (Fsp3) is 0.200. The Morgan fingerprint density at radius 3 is 2.45 bits per heavy atom. The lowest BCUT2D eigenvalue weighted by Crippen LogP contribution is -2.28. The van der Waals surface area contributed by atoms with E-state index < -0.39 is 5.82 Å². The van der Waals surface area contributed by atoms with Crippen LogP contribution >= 0.6 is 11.6 Å². The number of carbonyl (C=O) groups is 2. The predicted octanol–water partition coefficient (Wildman–Crippen LogP) is 4.92. The van der Waals surface area contributed by atoms with Crippen molar-refractivity contribution in [2.24, 2.45) is 0 Å². The zero-order chi connectivity index (χ0) is 23.4. The number of amides is 2. The number of hydrogen-bond donors (Lipinski definition) is 2. The van der Waals surface area contributed by atoms with Crippen LogP contribution in [0.5, 0.6) is 11.5 Å². The summed E-state index contributed by atoms with van der Waals surface area (Å²) in [5.74, 6) is 0.157. The Morgan fingerprint density at radius 2 is 1.73 bits per heavy atom. The first-order valence-corrected chi connectivity index (χ1v) is 10.8. The van der Waals surface area contributed by atoms with Crippen molar-refractivity contribution in [3.63, 3.8) is 0 Å². The third-order valence-electron chi connectivity index (χ3n) is 5.17. The van der Waals surface area contributed by atoms with Crippen molar-refractivity contribution in [3.05, 3.63) is 88.2 Å². The van der Waals surface area contributed by atoms with Crippen molar-refractivity contribution < 1.29 is 23.5 Å². The number of hydrogen-bond acceptors (Lipinski definition) is 4. The Kier molecular flexibility index (Phi) is 6.79. The van der Waals surface area contributed by atoms with Gasteiger partial charge in [0.2, 0.25) is 5.91 Å². The minimum Gasteiger partial charge on any atom is -0.486 e. The molecule has 0 saturated carbocycles. The molecule has 6 nitrogen and oxygen atoms in total. The zero-order valence-electron chi connectivity index (χ0n) is 17.9. The normalized spacial score (nSPS) is 13.2. The smallest absolute Gasteiger partial charge is 0.255 e. The highest BCUT2D eigenvalue weighted by Crippen LogP contribution is 2.38. The molecule has 3 aromatic carbocycles. The van der Waals surface area contributed by atoms with Gasteiger partial charge in [-0.3, -0.25) is 9.59 Å². The van der Waals surface area contributed by atoms with Gasteiger partial charge in [0.1, 0.15) is 19.0 Å². The van der Waals surface area contributed by atoms with Crippen molar-refractivity contribution in [2.75, 3.05) is 18.5 Å². The molecule has 8 heteroatoms. The van der Waals surface area contributed by atoms with Gasteiger partial charge in [-0.2, -0.15) is 0 Å². The number of benzene rings is 3. The second-order valence-electron chi connectivity index (χ2n) is 7.65. The first-order valence-electron chi connectivity index (χ1n) is 10.4. The van der Waals surface area contributed by atoms with Gasteiger partial charge in [-0.15, -0.1) is 0 Å². The maximum atomic E-state index is 13.0. The summed E-state index contributed by atoms with van der Waals surface area (Å²) in [4.78, 5) is 24.8. The second-order valence-corrected chi connectivity index (χ2v) is 8.06. The molecule has 1 atom stereocenters. The Morgan fingerprint density at radius 1 is 1.03 bits per heavy atom. The topological polar surface area (TPSA) is 76.7 Å². The van der Waals surface area contributed by atoms with Crippen LogP contribution in [-0.4, -0.2) is 25.0 Å². The van der Waals surface area contributed by atoms with Crippen molar-refractivity contribution in [3.8, 4) is 11.5 Å². The molecule has 0 radical (unpaired) electrons. The van der Waals surface area contributed by atoms with Gasteiger partial charge in [0, 0.05) is 11.3 Å². The summed E-state index contributed by atoms with van der Waals surface area (Å²) in [6.07, 6.45) is 0.145. The molecule has 0 spiro atoms. The maximum Gasteiger partial charge on any atom is 0.255 e. The maximum absolute atomic E-state index is 13.0. The third kappa shape index (κ3) is 5.62. The molecule has 0 aromatic heterocycles. The highest BCUT2D eigenvalue weighted by Gasteiger charge is 2.18. The number of nitrogens with one attached hydrogen (secondary N) is 2. The van der Waals surface area contributed by atoms with Crippen molar-refractivity contribution >= 4 is 29.1 Å². The number of ether oxygens (including phenoxy) is 2. The van der Waals surface area contributed by atoms with Crippen LogP contribution in [0, 0.1) is 5.82 Å². The molecule has 1 aliphatic heterocycles. The summed E-state index contributed by atoms with van der Waals surface area (Å²) in [5, 5.41) is 6.14. The van der Waals surface area contributed by atoms with E-state index in [9.17, 15) is 14.0 Å². The fourth-order valence-corrected chi connectivity index (χ4v) is 3.78. The Bertz CT molecular complexity index is 1170. The van der Waals surface area contributed by atoms with E-state index in [4.69, 9.17) is 21.1 Å². The average Bonchev–Trinajstić information content (AvgIpc) is 2.80. The molecule has 2 N–H and O–H groups in total. The molecule has 1 aliphatic rings. The van der Waals surface area contributed by atoms with Gasteiger partial charge in [-0.25, -0.2) is 4.39 Å². The summed E-state index contributed by atoms with van der Waals surface area (Å²) in [7, 11) is 0. The molecule has 0 bridgehead atoms. The lowest BCUT2D eigenvalue weighted by molar-refractivity contribution is -0.121. The summed E-state index contributed by atoms with van der Waals surface area (Å²) >= 11 is 6.25. The average molecular weight is 469 g/mol. The van der Waals surface area contributed by atoms with Gasteiger partial charge in [0.05, 0.1) is 17.5 Å². The van der Waals surface area contributed by atoms with Gasteiger partial charge in [-0.05, 0) is 66.6 Å². The Hall–Kier alpha value is -3.58. The van der Waals surface area contributed by atoms with Gasteiger partial charge >= 0.3 is 0 Å². The van der Waals surface area contributed by atoms with E-state index in [1.165, 1.54) is 24.3 Å². The number of rotatable bonds is 6. The Balaban J connectivity index is 1.34. The molecule has 4 rings (SSSR count). The minimum atomic E-state index is -0.399. The van der Waals surface area contributed by atoms with E-state index in [1.807, 2.05) is 19.1 Å². The van der Waals surface area contributed by atoms with Crippen LogP contribution in [0.25, 0.3) is 0 Å². The van der Waals surface area contributed by atoms with Crippen LogP contribution in [0.15, 0.2) is 60.7 Å². The van der Waals surface area contributed by atoms with Crippen LogP contribution in [0.3, 0.4) is 0 Å². The summed E-state index contributed by atoms with van der Waals surface area (Å²) in [6, 6.07) is 15.7. The van der Waals surface area contributed by atoms with Crippen molar-refractivity contribution in [1.29, 1.82) is 0 Å². The first kappa shape index (κ1) is 22.6. The van der Waals surface area contributed by atoms with Crippen molar-refractivity contribution in [1.82, 2.24) is 5.32 Å². The minimum absolute atomic E-state index is 0.145. The molecule has 1 heterocycles. The van der Waals surface area contributed by atoms with E-state index in [0.717, 1.165) is 11.1 Å². The molecule has 0 saturated heterocycles. The molecule has 170 valence electrons. The largest absolute Gasteiger partial charge is 0.486 e. The monoisotopic (exact) mass is 468 g/mol.